The predicted octanol–water partition coefficient (Wildman–Crippen LogP) is 4.63. The van der Waals surface area contributed by atoms with Gasteiger partial charge in [-0.05, 0) is 30.2 Å². The molecule has 0 N–H and O–H groups in total. The average molecular weight is 409 g/mol. The molecule has 0 radical (unpaired) electrons. The Morgan fingerprint density at radius 3 is 2.03 bits per heavy atom. The Morgan fingerprint density at radius 2 is 1.39 bits per heavy atom. The van der Waals surface area contributed by atoms with Crippen molar-refractivity contribution >= 4 is 11.8 Å². The largest absolute Gasteiger partial charge is 0.339 e. The number of hydrogen-bond donors (Lipinski definition) is 0. The second kappa shape index (κ2) is 7.65. The van der Waals surface area contributed by atoms with Crippen LogP contribution in [0.2, 0.25) is 0 Å². The van der Waals surface area contributed by atoms with E-state index >= 15 is 0 Å². The number of fused-ring (bicyclic) bond motifs is 1. The van der Waals surface area contributed by atoms with Crippen LogP contribution in [-0.4, -0.2) is 26.9 Å². The fourth-order valence-corrected chi connectivity index (χ4v) is 3.96. The van der Waals surface area contributed by atoms with Crippen molar-refractivity contribution in [2.75, 3.05) is 0 Å². The first-order chi connectivity index (χ1) is 15.1. The Morgan fingerprint density at radius 1 is 0.806 bits per heavy atom. The number of imide groups is 1. The van der Waals surface area contributed by atoms with Crippen molar-refractivity contribution in [1.29, 1.82) is 0 Å². The standard InChI is InChI=1S/C25H19N3O3/c1-16-9-5-6-12-18(16)23-26-22(31-27-23)15-21(17-10-3-2-4-11-17)28-24(29)19-13-7-8-14-20(19)25(28)30/h2-14,21H,15H2,1H3. The number of benzene rings is 3. The quantitative estimate of drug-likeness (QED) is 0.450. The lowest BCUT2D eigenvalue weighted by Crippen LogP contribution is -2.35. The zero-order chi connectivity index (χ0) is 21.4. The Balaban J connectivity index is 1.52. The first-order valence-corrected chi connectivity index (χ1v) is 10.0. The van der Waals surface area contributed by atoms with Gasteiger partial charge in [-0.25, -0.2) is 0 Å². The van der Waals surface area contributed by atoms with Crippen molar-refractivity contribution in [3.05, 3.63) is 107 Å². The number of aromatic nitrogens is 2. The zero-order valence-electron chi connectivity index (χ0n) is 16.9. The minimum absolute atomic E-state index is 0.231. The van der Waals surface area contributed by atoms with E-state index in [1.807, 2.05) is 61.5 Å². The number of carbonyl (C=O) groups excluding carboxylic acids is 2. The fraction of sp³-hybridized carbons (Fsp3) is 0.120. The number of hydrogen-bond acceptors (Lipinski definition) is 5. The molecule has 1 aliphatic rings. The zero-order valence-corrected chi connectivity index (χ0v) is 16.9. The van der Waals surface area contributed by atoms with Gasteiger partial charge in [-0.15, -0.1) is 0 Å². The monoisotopic (exact) mass is 409 g/mol. The van der Waals surface area contributed by atoms with Crippen LogP contribution in [0.25, 0.3) is 11.4 Å². The average Bonchev–Trinajstić information content (AvgIpc) is 3.36. The molecule has 0 saturated carbocycles. The van der Waals surface area contributed by atoms with Crippen LogP contribution in [0.3, 0.4) is 0 Å². The molecule has 0 bridgehead atoms. The lowest BCUT2D eigenvalue weighted by Gasteiger charge is -2.25. The summed E-state index contributed by atoms with van der Waals surface area (Å²) in [4.78, 5) is 32.1. The molecule has 1 unspecified atom stereocenters. The fourth-order valence-electron chi connectivity index (χ4n) is 3.96. The molecule has 6 nitrogen and oxygen atoms in total. The maximum Gasteiger partial charge on any atom is 0.262 e. The first kappa shape index (κ1) is 18.9. The summed E-state index contributed by atoms with van der Waals surface area (Å²) in [7, 11) is 0. The highest BCUT2D eigenvalue weighted by atomic mass is 16.5. The Bertz CT molecular complexity index is 1240. The number of nitrogens with zero attached hydrogens (tertiary/aromatic N) is 3. The summed E-state index contributed by atoms with van der Waals surface area (Å²) in [5.74, 6) is 0.229. The van der Waals surface area contributed by atoms with E-state index in [0.29, 0.717) is 22.8 Å². The van der Waals surface area contributed by atoms with Crippen LogP contribution < -0.4 is 0 Å². The third kappa shape index (κ3) is 3.32. The third-order valence-corrected chi connectivity index (χ3v) is 5.54. The van der Waals surface area contributed by atoms with Crippen LogP contribution in [0, 0.1) is 6.92 Å². The molecule has 6 heteroatoms. The molecule has 1 aromatic heterocycles. The maximum atomic E-state index is 13.1. The summed E-state index contributed by atoms with van der Waals surface area (Å²) in [5, 5.41) is 4.12. The van der Waals surface area contributed by atoms with E-state index in [-0.39, 0.29) is 18.2 Å². The van der Waals surface area contributed by atoms with Crippen LogP contribution in [0.15, 0.2) is 83.4 Å². The summed E-state index contributed by atoms with van der Waals surface area (Å²) in [5.41, 5.74) is 3.58. The molecular weight excluding hydrogens is 390 g/mol. The van der Waals surface area contributed by atoms with Crippen LogP contribution in [-0.2, 0) is 6.42 Å². The van der Waals surface area contributed by atoms with Crippen molar-refractivity contribution in [3.8, 4) is 11.4 Å². The van der Waals surface area contributed by atoms with Crippen molar-refractivity contribution in [1.82, 2.24) is 15.0 Å². The normalized spacial score (nSPS) is 14.0. The third-order valence-electron chi connectivity index (χ3n) is 5.54. The summed E-state index contributed by atoms with van der Waals surface area (Å²) in [6.07, 6.45) is 0.231. The molecule has 152 valence electrons. The van der Waals surface area contributed by atoms with Crippen LogP contribution in [0.4, 0.5) is 0 Å². The van der Waals surface area contributed by atoms with Gasteiger partial charge in [0.15, 0.2) is 0 Å². The van der Waals surface area contributed by atoms with Crippen molar-refractivity contribution in [2.45, 2.75) is 19.4 Å². The van der Waals surface area contributed by atoms with Crippen LogP contribution in [0.1, 0.15) is 43.8 Å². The molecule has 4 aromatic rings. The van der Waals surface area contributed by atoms with Crippen molar-refractivity contribution in [3.63, 3.8) is 0 Å². The molecule has 31 heavy (non-hydrogen) atoms. The van der Waals surface area contributed by atoms with Gasteiger partial charge in [-0.1, -0.05) is 71.9 Å². The van der Waals surface area contributed by atoms with E-state index in [1.54, 1.807) is 24.3 Å². The summed E-state index contributed by atoms with van der Waals surface area (Å²) in [6.45, 7) is 1.98. The number of rotatable bonds is 5. The van der Waals surface area contributed by atoms with Gasteiger partial charge >= 0.3 is 0 Å². The number of carbonyl (C=O) groups is 2. The molecule has 5 rings (SSSR count). The van der Waals surface area contributed by atoms with Crippen LogP contribution >= 0.6 is 0 Å². The first-order valence-electron chi connectivity index (χ1n) is 10.0. The lowest BCUT2D eigenvalue weighted by molar-refractivity contribution is 0.0575. The highest BCUT2D eigenvalue weighted by molar-refractivity contribution is 6.21. The highest BCUT2D eigenvalue weighted by Gasteiger charge is 2.41. The van der Waals surface area contributed by atoms with Crippen molar-refractivity contribution < 1.29 is 14.1 Å². The van der Waals surface area contributed by atoms with Gasteiger partial charge in [-0.3, -0.25) is 14.5 Å². The van der Waals surface area contributed by atoms with Gasteiger partial charge in [0, 0.05) is 5.56 Å². The van der Waals surface area contributed by atoms with E-state index in [2.05, 4.69) is 10.1 Å². The van der Waals surface area contributed by atoms with E-state index in [4.69, 9.17) is 4.52 Å². The summed E-state index contributed by atoms with van der Waals surface area (Å²) < 4.78 is 5.52. The molecule has 0 aliphatic carbocycles. The van der Waals surface area contributed by atoms with E-state index in [0.717, 1.165) is 16.7 Å². The number of aryl methyl sites for hydroxylation is 1. The minimum atomic E-state index is -0.557. The summed E-state index contributed by atoms with van der Waals surface area (Å²) in [6, 6.07) is 23.6. The molecule has 2 amide bonds. The highest BCUT2D eigenvalue weighted by Crippen LogP contribution is 2.33. The Labute approximate surface area is 179 Å². The topological polar surface area (TPSA) is 76.3 Å². The molecule has 1 atom stereocenters. The molecule has 2 heterocycles. The van der Waals surface area contributed by atoms with Gasteiger partial charge in [0.05, 0.1) is 23.6 Å². The van der Waals surface area contributed by atoms with Gasteiger partial charge in [-0.2, -0.15) is 4.98 Å². The lowest BCUT2D eigenvalue weighted by atomic mass is 10.0. The predicted molar refractivity (Wildman–Crippen MR) is 114 cm³/mol. The molecule has 3 aromatic carbocycles. The van der Waals surface area contributed by atoms with E-state index < -0.39 is 6.04 Å². The molecular formula is C25H19N3O3. The van der Waals surface area contributed by atoms with Crippen molar-refractivity contribution in [2.24, 2.45) is 0 Å². The molecule has 0 saturated heterocycles. The maximum absolute atomic E-state index is 13.1. The van der Waals surface area contributed by atoms with E-state index in [1.165, 1.54) is 4.90 Å². The number of amides is 2. The van der Waals surface area contributed by atoms with Crippen LogP contribution in [0.5, 0.6) is 0 Å². The second-order valence-electron chi connectivity index (χ2n) is 7.48. The second-order valence-corrected chi connectivity index (χ2v) is 7.48. The smallest absolute Gasteiger partial charge is 0.262 e. The SMILES string of the molecule is Cc1ccccc1-c1noc(CC(c2ccccc2)N2C(=O)c3ccccc3C2=O)n1. The Hall–Kier alpha value is -4.06. The molecule has 0 spiro atoms. The minimum Gasteiger partial charge on any atom is -0.339 e. The van der Waals surface area contributed by atoms with Gasteiger partial charge in [0.25, 0.3) is 11.8 Å². The van der Waals surface area contributed by atoms with Gasteiger partial charge < -0.3 is 4.52 Å². The van der Waals surface area contributed by atoms with E-state index in [9.17, 15) is 9.59 Å². The van der Waals surface area contributed by atoms with Gasteiger partial charge in [0.2, 0.25) is 11.7 Å². The van der Waals surface area contributed by atoms with Gasteiger partial charge in [0.1, 0.15) is 0 Å². The molecule has 1 aliphatic heterocycles. The molecule has 0 fully saturated rings. The Kier molecular flexibility index (Phi) is 4.67. The summed E-state index contributed by atoms with van der Waals surface area (Å²) >= 11 is 0.